The van der Waals surface area contributed by atoms with Crippen LogP contribution in [-0.4, -0.2) is 35.2 Å². The Morgan fingerprint density at radius 2 is 1.90 bits per heavy atom. The van der Waals surface area contributed by atoms with E-state index in [0.29, 0.717) is 26.2 Å². The summed E-state index contributed by atoms with van der Waals surface area (Å²) in [7, 11) is 0. The number of fused-ring (bicyclic) bond motifs is 1. The van der Waals surface area contributed by atoms with E-state index in [1.54, 1.807) is 0 Å². The van der Waals surface area contributed by atoms with Crippen molar-refractivity contribution in [2.24, 2.45) is 0 Å². The van der Waals surface area contributed by atoms with Gasteiger partial charge in [-0.3, -0.25) is 4.79 Å². The van der Waals surface area contributed by atoms with Gasteiger partial charge < -0.3 is 14.2 Å². The van der Waals surface area contributed by atoms with E-state index < -0.39 is 0 Å². The number of unbranched alkanes of at least 4 members (excludes halogenated alkanes) is 1. The van der Waals surface area contributed by atoms with E-state index in [4.69, 9.17) is 9.72 Å². The third kappa shape index (κ3) is 4.26. The van der Waals surface area contributed by atoms with Gasteiger partial charge in [-0.05, 0) is 49.6 Å². The summed E-state index contributed by atoms with van der Waals surface area (Å²) in [6.07, 6.45) is 3.98. The first-order chi connectivity index (χ1) is 14.7. The van der Waals surface area contributed by atoms with Gasteiger partial charge in [0.15, 0.2) is 0 Å². The molecule has 1 unspecified atom stereocenters. The second-order valence-corrected chi connectivity index (χ2v) is 7.98. The minimum atomic E-state index is 0.0892. The summed E-state index contributed by atoms with van der Waals surface area (Å²) in [5, 5.41) is 0. The molecule has 4 rings (SSSR count). The maximum atomic E-state index is 12.9. The van der Waals surface area contributed by atoms with E-state index in [-0.39, 0.29) is 11.8 Å². The van der Waals surface area contributed by atoms with Crippen LogP contribution >= 0.6 is 0 Å². The first-order valence-corrected chi connectivity index (χ1v) is 11.1. The third-order valence-corrected chi connectivity index (χ3v) is 5.90. The molecule has 0 radical (unpaired) electrons. The number of hydrogen-bond acceptors (Lipinski definition) is 3. The van der Waals surface area contributed by atoms with E-state index >= 15 is 0 Å². The predicted octanol–water partition coefficient (Wildman–Crippen LogP) is 4.94. The van der Waals surface area contributed by atoms with E-state index in [0.717, 1.165) is 35.5 Å². The Kier molecular flexibility index (Phi) is 6.48. The van der Waals surface area contributed by atoms with Crippen molar-refractivity contribution in [2.45, 2.75) is 52.0 Å². The monoisotopic (exact) mass is 405 g/mol. The SMILES string of the molecule is CCCCc1ccc(N2CC(c3nc4ccccc4n3CCOCC)CC2=O)cc1. The van der Waals surface area contributed by atoms with Gasteiger partial charge in [-0.1, -0.05) is 37.6 Å². The van der Waals surface area contributed by atoms with Gasteiger partial charge >= 0.3 is 0 Å². The minimum absolute atomic E-state index is 0.0892. The zero-order chi connectivity index (χ0) is 20.9. The fraction of sp³-hybridized carbons (Fsp3) is 0.440. The molecule has 1 saturated heterocycles. The second-order valence-electron chi connectivity index (χ2n) is 7.98. The molecule has 0 saturated carbocycles. The van der Waals surface area contributed by atoms with Crippen molar-refractivity contribution in [1.29, 1.82) is 0 Å². The van der Waals surface area contributed by atoms with Gasteiger partial charge in [0.2, 0.25) is 5.91 Å². The molecule has 5 heteroatoms. The molecule has 0 N–H and O–H groups in total. The maximum Gasteiger partial charge on any atom is 0.227 e. The molecule has 158 valence electrons. The summed E-state index contributed by atoms with van der Waals surface area (Å²) in [4.78, 5) is 19.7. The average molecular weight is 406 g/mol. The summed E-state index contributed by atoms with van der Waals surface area (Å²) in [6.45, 7) is 6.98. The lowest BCUT2D eigenvalue weighted by Crippen LogP contribution is -2.24. The highest BCUT2D eigenvalue weighted by atomic mass is 16.5. The molecule has 1 fully saturated rings. The number of carbonyl (C=O) groups is 1. The first-order valence-electron chi connectivity index (χ1n) is 11.1. The third-order valence-electron chi connectivity index (χ3n) is 5.90. The minimum Gasteiger partial charge on any atom is -0.380 e. The summed E-state index contributed by atoms with van der Waals surface area (Å²) in [5.74, 6) is 1.25. The first kappa shape index (κ1) is 20.6. The summed E-state index contributed by atoms with van der Waals surface area (Å²) in [6, 6.07) is 16.7. The second kappa shape index (κ2) is 9.43. The molecule has 1 aliphatic heterocycles. The number of anilines is 1. The van der Waals surface area contributed by atoms with Crippen LogP contribution in [0.15, 0.2) is 48.5 Å². The number of aryl methyl sites for hydroxylation is 1. The van der Waals surface area contributed by atoms with E-state index in [2.05, 4.69) is 41.8 Å². The van der Waals surface area contributed by atoms with E-state index in [9.17, 15) is 4.79 Å². The summed E-state index contributed by atoms with van der Waals surface area (Å²) in [5.41, 5.74) is 4.41. The zero-order valence-corrected chi connectivity index (χ0v) is 18.0. The molecule has 1 aromatic heterocycles. The number of ether oxygens (including phenoxy) is 1. The molecule has 2 aromatic carbocycles. The molecule has 3 aromatic rings. The van der Waals surface area contributed by atoms with Crippen LogP contribution in [0.25, 0.3) is 11.0 Å². The Bertz CT molecular complexity index is 993. The lowest BCUT2D eigenvalue weighted by Gasteiger charge is -2.18. The van der Waals surface area contributed by atoms with Crippen molar-refractivity contribution < 1.29 is 9.53 Å². The highest BCUT2D eigenvalue weighted by Gasteiger charge is 2.34. The van der Waals surface area contributed by atoms with Gasteiger partial charge in [0.1, 0.15) is 5.82 Å². The number of benzene rings is 2. The lowest BCUT2D eigenvalue weighted by molar-refractivity contribution is -0.117. The van der Waals surface area contributed by atoms with Gasteiger partial charge in [-0.2, -0.15) is 0 Å². The molecule has 0 spiro atoms. The topological polar surface area (TPSA) is 47.4 Å². The fourth-order valence-electron chi connectivity index (χ4n) is 4.29. The number of aromatic nitrogens is 2. The molecule has 0 bridgehead atoms. The Morgan fingerprint density at radius 1 is 1.10 bits per heavy atom. The Morgan fingerprint density at radius 3 is 2.67 bits per heavy atom. The van der Waals surface area contributed by atoms with Crippen LogP contribution in [0.4, 0.5) is 5.69 Å². The number of rotatable bonds is 9. The van der Waals surface area contributed by atoms with Crippen molar-refractivity contribution >= 4 is 22.6 Å². The zero-order valence-electron chi connectivity index (χ0n) is 18.0. The molecule has 1 aliphatic rings. The molecule has 1 atom stereocenters. The summed E-state index contributed by atoms with van der Waals surface area (Å²) >= 11 is 0. The van der Waals surface area contributed by atoms with Crippen molar-refractivity contribution in [3.05, 3.63) is 59.9 Å². The van der Waals surface area contributed by atoms with Crippen LogP contribution in [0.2, 0.25) is 0 Å². The molecule has 1 amide bonds. The van der Waals surface area contributed by atoms with Gasteiger partial charge in [-0.15, -0.1) is 0 Å². The normalized spacial score (nSPS) is 16.7. The largest absolute Gasteiger partial charge is 0.380 e. The number of nitrogens with zero attached hydrogens (tertiary/aromatic N) is 3. The molecule has 0 aliphatic carbocycles. The fourth-order valence-corrected chi connectivity index (χ4v) is 4.29. The molecule has 2 heterocycles. The van der Waals surface area contributed by atoms with Gasteiger partial charge in [0.25, 0.3) is 0 Å². The van der Waals surface area contributed by atoms with Crippen molar-refractivity contribution in [3.63, 3.8) is 0 Å². The Balaban J connectivity index is 1.56. The van der Waals surface area contributed by atoms with Crippen molar-refractivity contribution in [2.75, 3.05) is 24.7 Å². The quantitative estimate of drug-likeness (QED) is 0.474. The molecular weight excluding hydrogens is 374 g/mol. The van der Waals surface area contributed by atoms with Crippen LogP contribution in [-0.2, 0) is 22.5 Å². The van der Waals surface area contributed by atoms with Crippen molar-refractivity contribution in [1.82, 2.24) is 9.55 Å². The highest BCUT2D eigenvalue weighted by molar-refractivity contribution is 5.96. The van der Waals surface area contributed by atoms with Crippen LogP contribution in [0, 0.1) is 0 Å². The number of hydrogen-bond donors (Lipinski definition) is 0. The van der Waals surface area contributed by atoms with Crippen LogP contribution in [0.3, 0.4) is 0 Å². The number of imidazole rings is 1. The lowest BCUT2D eigenvalue weighted by atomic mass is 10.1. The molecule has 30 heavy (non-hydrogen) atoms. The van der Waals surface area contributed by atoms with E-state index in [1.165, 1.54) is 18.4 Å². The predicted molar refractivity (Wildman–Crippen MR) is 121 cm³/mol. The summed E-state index contributed by atoms with van der Waals surface area (Å²) < 4.78 is 7.83. The standard InChI is InChI=1S/C25H31N3O2/c1-3-5-8-19-11-13-21(14-12-19)28-18-20(17-24(28)29)25-26-22-9-6-7-10-23(22)27(25)15-16-30-4-2/h6-7,9-14,20H,3-5,8,15-18H2,1-2H3. The molecular formula is C25H31N3O2. The van der Waals surface area contributed by atoms with Gasteiger partial charge in [0, 0.05) is 37.7 Å². The Labute approximate surface area is 178 Å². The van der Waals surface area contributed by atoms with Crippen molar-refractivity contribution in [3.8, 4) is 0 Å². The van der Waals surface area contributed by atoms with Crippen LogP contribution < -0.4 is 4.90 Å². The maximum absolute atomic E-state index is 12.9. The average Bonchev–Trinajstić information content (AvgIpc) is 3.33. The van der Waals surface area contributed by atoms with Gasteiger partial charge in [-0.25, -0.2) is 4.98 Å². The number of para-hydroxylation sites is 2. The number of carbonyl (C=O) groups excluding carboxylic acids is 1. The van der Waals surface area contributed by atoms with Crippen LogP contribution in [0.1, 0.15) is 50.4 Å². The Hall–Kier alpha value is -2.66. The van der Waals surface area contributed by atoms with E-state index in [1.807, 2.05) is 30.0 Å². The smallest absolute Gasteiger partial charge is 0.227 e. The number of amides is 1. The highest BCUT2D eigenvalue weighted by Crippen LogP contribution is 2.33. The molecule has 5 nitrogen and oxygen atoms in total. The van der Waals surface area contributed by atoms with Gasteiger partial charge in [0.05, 0.1) is 17.6 Å². The van der Waals surface area contributed by atoms with Crippen LogP contribution in [0.5, 0.6) is 0 Å².